The summed E-state index contributed by atoms with van der Waals surface area (Å²) in [6.45, 7) is 7.17. The van der Waals surface area contributed by atoms with E-state index < -0.39 is 20.0 Å². The third-order valence-corrected chi connectivity index (χ3v) is 8.52. The van der Waals surface area contributed by atoms with Crippen molar-refractivity contribution in [2.45, 2.75) is 43.4 Å². The van der Waals surface area contributed by atoms with Gasteiger partial charge in [-0.3, -0.25) is 9.44 Å². The predicted molar refractivity (Wildman–Crippen MR) is 138 cm³/mol. The van der Waals surface area contributed by atoms with Gasteiger partial charge in [-0.05, 0) is 55.3 Å². The number of sulfonamides is 2. The van der Waals surface area contributed by atoms with Gasteiger partial charge in [-0.25, -0.2) is 16.8 Å². The molecule has 0 saturated carbocycles. The summed E-state index contributed by atoms with van der Waals surface area (Å²) in [4.78, 5) is 4.52. The van der Waals surface area contributed by atoms with Crippen molar-refractivity contribution in [3.05, 3.63) is 83.7 Å². The van der Waals surface area contributed by atoms with E-state index in [1.807, 2.05) is 13.8 Å². The number of aromatic nitrogens is 2. The Kier molecular flexibility index (Phi) is 6.87. The highest BCUT2D eigenvalue weighted by Crippen LogP contribution is 2.32. The van der Waals surface area contributed by atoms with Gasteiger partial charge in [0.2, 0.25) is 11.7 Å². The Morgan fingerprint density at radius 1 is 0.750 bits per heavy atom. The molecule has 0 spiro atoms. The lowest BCUT2D eigenvalue weighted by molar-refractivity contribution is 0.365. The molecule has 11 heteroatoms. The van der Waals surface area contributed by atoms with Crippen LogP contribution in [-0.4, -0.2) is 27.0 Å². The van der Waals surface area contributed by atoms with Gasteiger partial charge in [0, 0.05) is 11.5 Å². The summed E-state index contributed by atoms with van der Waals surface area (Å²) in [6.07, 6.45) is 0. The zero-order chi connectivity index (χ0) is 26.1. The molecular weight excluding hydrogens is 500 g/mol. The summed E-state index contributed by atoms with van der Waals surface area (Å²) in [5.74, 6) is 0.685. The molecule has 0 fully saturated rings. The van der Waals surface area contributed by atoms with Gasteiger partial charge in [0.05, 0.1) is 21.2 Å². The second-order valence-electron chi connectivity index (χ2n) is 8.61. The lowest BCUT2D eigenvalue weighted by atomic mass is 10.1. The maximum atomic E-state index is 13.3. The molecule has 3 aromatic carbocycles. The fraction of sp³-hybridized carbons (Fsp3) is 0.200. The van der Waals surface area contributed by atoms with E-state index in [9.17, 15) is 16.8 Å². The number of aryl methyl sites for hydroxylation is 2. The van der Waals surface area contributed by atoms with E-state index >= 15 is 0 Å². The van der Waals surface area contributed by atoms with Crippen molar-refractivity contribution in [2.75, 3.05) is 9.44 Å². The first-order valence-corrected chi connectivity index (χ1v) is 14.1. The first-order valence-electron chi connectivity index (χ1n) is 11.1. The molecule has 2 N–H and O–H groups in total. The van der Waals surface area contributed by atoms with Crippen LogP contribution in [0, 0.1) is 13.8 Å². The van der Waals surface area contributed by atoms with Gasteiger partial charge >= 0.3 is 0 Å². The molecule has 0 amide bonds. The molecule has 4 rings (SSSR count). The Morgan fingerprint density at radius 3 is 1.78 bits per heavy atom. The lowest BCUT2D eigenvalue weighted by Crippen LogP contribution is -2.18. The zero-order valence-corrected chi connectivity index (χ0v) is 21.8. The molecule has 0 aliphatic carbocycles. The SMILES string of the molecule is Cc1ccccc1S(=O)(=O)Nc1ccc(-c2noc(C(C)C)n2)cc1NS(=O)(=O)c1ccccc1C. The number of rotatable bonds is 8. The van der Waals surface area contributed by atoms with Gasteiger partial charge < -0.3 is 4.52 Å². The Hall–Kier alpha value is -3.70. The van der Waals surface area contributed by atoms with Crippen molar-refractivity contribution in [3.8, 4) is 11.4 Å². The Bertz CT molecular complexity index is 1630. The van der Waals surface area contributed by atoms with E-state index in [0.717, 1.165) is 0 Å². The smallest absolute Gasteiger partial charge is 0.262 e. The Labute approximate surface area is 210 Å². The lowest BCUT2D eigenvalue weighted by Gasteiger charge is -2.17. The van der Waals surface area contributed by atoms with Crippen LogP contribution >= 0.6 is 0 Å². The topological polar surface area (TPSA) is 131 Å². The fourth-order valence-electron chi connectivity index (χ4n) is 3.56. The molecule has 1 heterocycles. The van der Waals surface area contributed by atoms with Gasteiger partial charge in [-0.15, -0.1) is 0 Å². The van der Waals surface area contributed by atoms with Crippen LogP contribution in [-0.2, 0) is 20.0 Å². The van der Waals surface area contributed by atoms with E-state index in [-0.39, 0.29) is 32.9 Å². The summed E-state index contributed by atoms with van der Waals surface area (Å²) in [6, 6.07) is 17.6. The number of anilines is 2. The molecule has 0 radical (unpaired) electrons. The molecule has 36 heavy (non-hydrogen) atoms. The molecule has 0 atom stereocenters. The van der Waals surface area contributed by atoms with Gasteiger partial charge in [-0.1, -0.05) is 55.4 Å². The van der Waals surface area contributed by atoms with Crippen LogP contribution in [0.25, 0.3) is 11.4 Å². The summed E-state index contributed by atoms with van der Waals surface area (Å²) < 4.78 is 63.2. The summed E-state index contributed by atoms with van der Waals surface area (Å²) >= 11 is 0. The molecule has 188 valence electrons. The third kappa shape index (κ3) is 5.26. The Balaban J connectivity index is 1.80. The van der Waals surface area contributed by atoms with Gasteiger partial charge in [0.15, 0.2) is 0 Å². The predicted octanol–water partition coefficient (Wildman–Crippen LogP) is 5.08. The quantitative estimate of drug-likeness (QED) is 0.327. The minimum atomic E-state index is -4.05. The molecule has 0 saturated heterocycles. The van der Waals surface area contributed by atoms with E-state index in [0.29, 0.717) is 22.6 Å². The highest BCUT2D eigenvalue weighted by molar-refractivity contribution is 7.93. The molecule has 1 aromatic heterocycles. The van der Waals surface area contributed by atoms with E-state index in [1.54, 1.807) is 56.3 Å². The highest BCUT2D eigenvalue weighted by Gasteiger charge is 2.23. The van der Waals surface area contributed by atoms with Crippen LogP contribution < -0.4 is 9.44 Å². The van der Waals surface area contributed by atoms with Crippen molar-refractivity contribution in [2.24, 2.45) is 0 Å². The summed E-state index contributed by atoms with van der Waals surface area (Å²) in [5.41, 5.74) is 1.61. The second-order valence-corrected chi connectivity index (χ2v) is 11.9. The van der Waals surface area contributed by atoms with E-state index in [2.05, 4.69) is 19.6 Å². The standard InChI is InChI=1S/C25H26N4O5S2/c1-16(2)25-26-24(27-34-25)19-13-14-20(28-35(30,31)22-11-7-5-9-17(22)3)21(15-19)29-36(32,33)23-12-8-6-10-18(23)4/h5-16,28-29H,1-4H3. The molecule has 0 bridgehead atoms. The average Bonchev–Trinajstić information content (AvgIpc) is 3.31. The second kappa shape index (κ2) is 9.75. The van der Waals surface area contributed by atoms with Crippen molar-refractivity contribution < 1.29 is 21.4 Å². The number of hydrogen-bond donors (Lipinski definition) is 2. The average molecular weight is 527 g/mol. The van der Waals surface area contributed by atoms with Crippen LogP contribution in [0.1, 0.15) is 36.8 Å². The van der Waals surface area contributed by atoms with Crippen LogP contribution in [0.2, 0.25) is 0 Å². The van der Waals surface area contributed by atoms with Gasteiger partial charge in [0.25, 0.3) is 20.0 Å². The van der Waals surface area contributed by atoms with Crippen molar-refractivity contribution in [1.82, 2.24) is 10.1 Å². The normalized spacial score (nSPS) is 12.0. The minimum Gasteiger partial charge on any atom is -0.339 e. The first kappa shape index (κ1) is 25.4. The van der Waals surface area contributed by atoms with E-state index in [1.165, 1.54) is 24.3 Å². The Morgan fingerprint density at radius 2 is 1.28 bits per heavy atom. The van der Waals surface area contributed by atoms with Crippen LogP contribution in [0.5, 0.6) is 0 Å². The summed E-state index contributed by atoms with van der Waals surface area (Å²) in [7, 11) is -8.07. The first-order chi connectivity index (χ1) is 17.0. The van der Waals surface area contributed by atoms with Crippen LogP contribution in [0.15, 0.2) is 81.0 Å². The maximum absolute atomic E-state index is 13.3. The number of hydrogen-bond acceptors (Lipinski definition) is 7. The number of nitrogens with zero attached hydrogens (tertiary/aromatic N) is 2. The van der Waals surface area contributed by atoms with E-state index in [4.69, 9.17) is 4.52 Å². The molecular formula is C25H26N4O5S2. The van der Waals surface area contributed by atoms with Crippen LogP contribution in [0.4, 0.5) is 11.4 Å². The zero-order valence-electron chi connectivity index (χ0n) is 20.2. The molecule has 0 unspecified atom stereocenters. The van der Waals surface area contributed by atoms with Gasteiger partial charge in [-0.2, -0.15) is 4.98 Å². The number of benzene rings is 3. The number of nitrogens with one attached hydrogen (secondary N) is 2. The van der Waals surface area contributed by atoms with Crippen molar-refractivity contribution in [1.29, 1.82) is 0 Å². The van der Waals surface area contributed by atoms with Crippen LogP contribution in [0.3, 0.4) is 0 Å². The third-order valence-electron chi connectivity index (χ3n) is 5.47. The molecule has 0 aliphatic heterocycles. The highest BCUT2D eigenvalue weighted by atomic mass is 32.2. The molecule has 0 aliphatic rings. The fourth-order valence-corrected chi connectivity index (χ4v) is 6.20. The monoisotopic (exact) mass is 526 g/mol. The largest absolute Gasteiger partial charge is 0.339 e. The minimum absolute atomic E-state index is 0.00507. The maximum Gasteiger partial charge on any atom is 0.262 e. The summed E-state index contributed by atoms with van der Waals surface area (Å²) in [5, 5.41) is 3.98. The van der Waals surface area contributed by atoms with Gasteiger partial charge in [0.1, 0.15) is 0 Å². The molecule has 9 nitrogen and oxygen atoms in total. The van der Waals surface area contributed by atoms with Crippen molar-refractivity contribution in [3.63, 3.8) is 0 Å². The molecule has 4 aromatic rings. The van der Waals surface area contributed by atoms with Crippen molar-refractivity contribution >= 4 is 31.4 Å².